The van der Waals surface area contributed by atoms with Crippen LogP contribution in [0.25, 0.3) is 10.8 Å². The van der Waals surface area contributed by atoms with Gasteiger partial charge in [0.2, 0.25) is 10.0 Å². The SMILES string of the molecule is CCCNCC(C)NS(=O)(=O)c1ccc2cnccc2c1. The summed E-state index contributed by atoms with van der Waals surface area (Å²) >= 11 is 0. The molecule has 0 aliphatic carbocycles. The summed E-state index contributed by atoms with van der Waals surface area (Å²) in [5.41, 5.74) is 0. The number of rotatable bonds is 7. The third kappa shape index (κ3) is 4.23. The van der Waals surface area contributed by atoms with E-state index >= 15 is 0 Å². The van der Waals surface area contributed by atoms with E-state index in [1.54, 1.807) is 36.7 Å². The summed E-state index contributed by atoms with van der Waals surface area (Å²) in [4.78, 5) is 4.30. The van der Waals surface area contributed by atoms with Gasteiger partial charge in [-0.3, -0.25) is 4.98 Å². The number of benzene rings is 1. The van der Waals surface area contributed by atoms with Crippen LogP contribution in [0.15, 0.2) is 41.6 Å². The first-order valence-corrected chi connectivity index (χ1v) is 8.58. The number of aromatic nitrogens is 1. The van der Waals surface area contributed by atoms with Crippen LogP contribution in [0.5, 0.6) is 0 Å². The van der Waals surface area contributed by atoms with Gasteiger partial charge in [-0.25, -0.2) is 13.1 Å². The molecule has 0 spiro atoms. The average molecular weight is 307 g/mol. The van der Waals surface area contributed by atoms with Gasteiger partial charge in [-0.2, -0.15) is 0 Å². The summed E-state index contributed by atoms with van der Waals surface area (Å²) in [7, 11) is -3.50. The molecule has 1 heterocycles. The Balaban J connectivity index is 2.13. The molecule has 2 aromatic rings. The fourth-order valence-electron chi connectivity index (χ4n) is 2.10. The van der Waals surface area contributed by atoms with Gasteiger partial charge in [0.05, 0.1) is 4.90 Å². The molecule has 0 aliphatic rings. The van der Waals surface area contributed by atoms with E-state index in [4.69, 9.17) is 0 Å². The summed E-state index contributed by atoms with van der Waals surface area (Å²) < 4.78 is 27.4. The Kier molecular flexibility index (Phi) is 5.27. The molecule has 0 aliphatic heterocycles. The van der Waals surface area contributed by atoms with Crippen LogP contribution < -0.4 is 10.0 Å². The van der Waals surface area contributed by atoms with E-state index in [0.717, 1.165) is 23.7 Å². The van der Waals surface area contributed by atoms with Gasteiger partial charge >= 0.3 is 0 Å². The van der Waals surface area contributed by atoms with E-state index in [0.29, 0.717) is 6.54 Å². The van der Waals surface area contributed by atoms with Gasteiger partial charge in [0.25, 0.3) is 0 Å². The maximum atomic E-state index is 12.4. The smallest absolute Gasteiger partial charge is 0.240 e. The van der Waals surface area contributed by atoms with Crippen molar-refractivity contribution in [3.05, 3.63) is 36.7 Å². The molecule has 2 N–H and O–H groups in total. The minimum Gasteiger partial charge on any atom is -0.315 e. The second-order valence-electron chi connectivity index (χ2n) is 5.11. The van der Waals surface area contributed by atoms with Gasteiger partial charge in [0, 0.05) is 30.4 Å². The Morgan fingerprint density at radius 1 is 1.24 bits per heavy atom. The van der Waals surface area contributed by atoms with E-state index in [-0.39, 0.29) is 10.9 Å². The van der Waals surface area contributed by atoms with E-state index in [2.05, 4.69) is 21.9 Å². The van der Waals surface area contributed by atoms with Crippen LogP contribution in [0.4, 0.5) is 0 Å². The number of nitrogens with zero attached hydrogens (tertiary/aromatic N) is 1. The van der Waals surface area contributed by atoms with E-state index < -0.39 is 10.0 Å². The van der Waals surface area contributed by atoms with Crippen molar-refractivity contribution >= 4 is 20.8 Å². The van der Waals surface area contributed by atoms with Crippen LogP contribution in [0.3, 0.4) is 0 Å². The van der Waals surface area contributed by atoms with E-state index in [1.807, 2.05) is 6.92 Å². The highest BCUT2D eigenvalue weighted by Crippen LogP contribution is 2.18. The predicted molar refractivity (Wildman–Crippen MR) is 84.7 cm³/mol. The Morgan fingerprint density at radius 2 is 2.05 bits per heavy atom. The molecule has 5 nitrogen and oxygen atoms in total. The number of fused-ring (bicyclic) bond motifs is 1. The monoisotopic (exact) mass is 307 g/mol. The van der Waals surface area contributed by atoms with Gasteiger partial charge in [0.1, 0.15) is 0 Å². The molecule has 0 amide bonds. The molecule has 1 aromatic heterocycles. The Labute approximate surface area is 125 Å². The lowest BCUT2D eigenvalue weighted by molar-refractivity contribution is 0.536. The number of pyridine rings is 1. The van der Waals surface area contributed by atoms with Gasteiger partial charge in [0.15, 0.2) is 0 Å². The molecule has 21 heavy (non-hydrogen) atoms. The van der Waals surface area contributed by atoms with Gasteiger partial charge < -0.3 is 5.32 Å². The fraction of sp³-hybridized carbons (Fsp3) is 0.400. The maximum Gasteiger partial charge on any atom is 0.240 e. The highest BCUT2D eigenvalue weighted by atomic mass is 32.2. The number of sulfonamides is 1. The first kappa shape index (κ1) is 15.9. The molecule has 114 valence electrons. The molecule has 0 bridgehead atoms. The van der Waals surface area contributed by atoms with Crippen molar-refractivity contribution in [1.29, 1.82) is 0 Å². The summed E-state index contributed by atoms with van der Waals surface area (Å²) in [6, 6.07) is 6.70. The van der Waals surface area contributed by atoms with Crippen LogP contribution in [0.2, 0.25) is 0 Å². The predicted octanol–water partition coefficient (Wildman–Crippen LogP) is 1.90. The zero-order valence-electron chi connectivity index (χ0n) is 12.3. The highest BCUT2D eigenvalue weighted by Gasteiger charge is 2.17. The van der Waals surface area contributed by atoms with Crippen molar-refractivity contribution in [2.75, 3.05) is 13.1 Å². The van der Waals surface area contributed by atoms with Crippen molar-refractivity contribution in [1.82, 2.24) is 15.0 Å². The topological polar surface area (TPSA) is 71.1 Å². The maximum absolute atomic E-state index is 12.4. The molecule has 1 atom stereocenters. The summed E-state index contributed by atoms with van der Waals surface area (Å²) in [5, 5.41) is 4.99. The standard InChI is InChI=1S/C15H21N3O2S/c1-3-7-16-10-12(2)18-21(19,20)15-5-4-14-11-17-8-6-13(14)9-15/h4-6,8-9,11-12,16,18H,3,7,10H2,1-2H3. The van der Waals surface area contributed by atoms with Crippen molar-refractivity contribution < 1.29 is 8.42 Å². The largest absolute Gasteiger partial charge is 0.315 e. The minimum absolute atomic E-state index is 0.158. The molecule has 1 unspecified atom stereocenters. The minimum atomic E-state index is -3.50. The quantitative estimate of drug-likeness (QED) is 0.767. The van der Waals surface area contributed by atoms with Crippen LogP contribution in [-0.2, 0) is 10.0 Å². The molecule has 0 radical (unpaired) electrons. The Morgan fingerprint density at radius 3 is 2.81 bits per heavy atom. The van der Waals surface area contributed by atoms with Crippen molar-refractivity contribution in [2.45, 2.75) is 31.2 Å². The van der Waals surface area contributed by atoms with Crippen LogP contribution >= 0.6 is 0 Å². The van der Waals surface area contributed by atoms with Gasteiger partial charge in [-0.15, -0.1) is 0 Å². The second kappa shape index (κ2) is 6.98. The van der Waals surface area contributed by atoms with Crippen molar-refractivity contribution in [3.63, 3.8) is 0 Å². The lowest BCUT2D eigenvalue weighted by Crippen LogP contribution is -2.40. The lowest BCUT2D eigenvalue weighted by Gasteiger charge is -2.15. The lowest BCUT2D eigenvalue weighted by atomic mass is 10.2. The summed E-state index contributed by atoms with van der Waals surface area (Å²) in [5.74, 6) is 0. The Hall–Kier alpha value is -1.50. The molecule has 0 saturated heterocycles. The zero-order valence-corrected chi connectivity index (χ0v) is 13.2. The van der Waals surface area contributed by atoms with Crippen LogP contribution in [0.1, 0.15) is 20.3 Å². The van der Waals surface area contributed by atoms with Crippen LogP contribution in [0, 0.1) is 0 Å². The van der Waals surface area contributed by atoms with Crippen LogP contribution in [-0.4, -0.2) is 32.5 Å². The zero-order chi connectivity index (χ0) is 15.3. The molecular formula is C15H21N3O2S. The first-order valence-electron chi connectivity index (χ1n) is 7.10. The summed E-state index contributed by atoms with van der Waals surface area (Å²) in [6.45, 7) is 5.43. The number of hydrogen-bond donors (Lipinski definition) is 2. The third-order valence-corrected chi connectivity index (χ3v) is 4.74. The molecule has 2 rings (SSSR count). The molecular weight excluding hydrogens is 286 g/mol. The Bertz CT molecular complexity index is 701. The first-order chi connectivity index (χ1) is 10.0. The van der Waals surface area contributed by atoms with Crippen molar-refractivity contribution in [2.24, 2.45) is 0 Å². The van der Waals surface area contributed by atoms with E-state index in [9.17, 15) is 8.42 Å². The molecule has 6 heteroatoms. The highest BCUT2D eigenvalue weighted by molar-refractivity contribution is 7.89. The molecule has 1 aromatic carbocycles. The molecule has 0 saturated carbocycles. The van der Waals surface area contributed by atoms with Gasteiger partial charge in [-0.1, -0.05) is 13.0 Å². The number of hydrogen-bond acceptors (Lipinski definition) is 4. The summed E-state index contributed by atoms with van der Waals surface area (Å²) in [6.07, 6.45) is 4.40. The molecule has 0 fully saturated rings. The van der Waals surface area contributed by atoms with Gasteiger partial charge in [-0.05, 0) is 43.5 Å². The van der Waals surface area contributed by atoms with Crippen molar-refractivity contribution in [3.8, 4) is 0 Å². The normalized spacial score (nSPS) is 13.4. The fourth-order valence-corrected chi connectivity index (χ4v) is 3.38. The average Bonchev–Trinajstić information content (AvgIpc) is 2.46. The number of nitrogens with one attached hydrogen (secondary N) is 2. The second-order valence-corrected chi connectivity index (χ2v) is 6.83. The van der Waals surface area contributed by atoms with E-state index in [1.165, 1.54) is 0 Å². The third-order valence-electron chi connectivity index (χ3n) is 3.16.